The van der Waals surface area contributed by atoms with Crippen molar-refractivity contribution in [3.8, 4) is 17.6 Å². The smallest absolute Gasteiger partial charge is 0.119 e. The number of aliphatic hydroxyl groups is 1. The van der Waals surface area contributed by atoms with E-state index in [4.69, 9.17) is 14.6 Å². The molecule has 1 N–H and O–H groups in total. The lowest BCUT2D eigenvalue weighted by atomic mass is 10.2. The predicted octanol–water partition coefficient (Wildman–Crippen LogP) is 1.52. The second kappa shape index (κ2) is 8.04. The monoisotopic (exact) mass is 289 g/mol. The molecule has 1 aliphatic heterocycles. The van der Waals surface area contributed by atoms with Crippen LogP contribution in [-0.4, -0.2) is 55.1 Å². The van der Waals surface area contributed by atoms with Gasteiger partial charge in [0.15, 0.2) is 0 Å². The molecule has 4 nitrogen and oxygen atoms in total. The molecule has 4 heteroatoms. The Morgan fingerprint density at radius 1 is 1.24 bits per heavy atom. The summed E-state index contributed by atoms with van der Waals surface area (Å²) >= 11 is 0. The molecular formula is C17H23NO3. The second-order valence-electron chi connectivity index (χ2n) is 5.35. The van der Waals surface area contributed by atoms with Crippen LogP contribution in [0.15, 0.2) is 24.3 Å². The molecule has 21 heavy (non-hydrogen) atoms. The summed E-state index contributed by atoms with van der Waals surface area (Å²) in [4.78, 5) is 2.37. The average molecular weight is 289 g/mol. The number of hydrogen-bond acceptors (Lipinski definition) is 4. The normalized spacial score (nSPS) is 22.4. The zero-order chi connectivity index (χ0) is 15.1. The van der Waals surface area contributed by atoms with E-state index in [1.165, 1.54) is 0 Å². The molecule has 114 valence electrons. The Kier molecular flexibility index (Phi) is 6.06. The fourth-order valence-electron chi connectivity index (χ4n) is 2.54. The van der Waals surface area contributed by atoms with Crippen LogP contribution in [0.5, 0.6) is 5.75 Å². The number of aliphatic hydroxyl groups excluding tert-OH is 1. The number of rotatable bonds is 4. The number of ether oxygens (including phenoxy) is 2. The van der Waals surface area contributed by atoms with Gasteiger partial charge in [-0.3, -0.25) is 4.90 Å². The van der Waals surface area contributed by atoms with Crippen LogP contribution < -0.4 is 4.74 Å². The van der Waals surface area contributed by atoms with Gasteiger partial charge in [-0.05, 0) is 38.1 Å². The summed E-state index contributed by atoms with van der Waals surface area (Å²) in [5, 5.41) is 8.65. The molecule has 0 bridgehead atoms. The topological polar surface area (TPSA) is 41.9 Å². The molecule has 1 aliphatic rings. The lowest BCUT2D eigenvalue weighted by Gasteiger charge is -2.35. The van der Waals surface area contributed by atoms with E-state index in [-0.39, 0.29) is 18.8 Å². The van der Waals surface area contributed by atoms with Gasteiger partial charge in [0.1, 0.15) is 19.0 Å². The molecule has 2 atom stereocenters. The van der Waals surface area contributed by atoms with Crippen LogP contribution in [0, 0.1) is 11.8 Å². The molecule has 0 amide bonds. The van der Waals surface area contributed by atoms with Gasteiger partial charge in [0, 0.05) is 25.2 Å². The van der Waals surface area contributed by atoms with Gasteiger partial charge in [0.2, 0.25) is 0 Å². The van der Waals surface area contributed by atoms with E-state index < -0.39 is 0 Å². The van der Waals surface area contributed by atoms with Crippen molar-refractivity contribution in [3.63, 3.8) is 0 Å². The van der Waals surface area contributed by atoms with E-state index in [2.05, 4.69) is 30.6 Å². The third kappa shape index (κ3) is 5.39. The third-order valence-electron chi connectivity index (χ3n) is 3.34. The van der Waals surface area contributed by atoms with Crippen molar-refractivity contribution in [1.82, 2.24) is 4.90 Å². The maximum absolute atomic E-state index is 8.65. The van der Waals surface area contributed by atoms with Crippen molar-refractivity contribution >= 4 is 0 Å². The molecule has 1 aromatic carbocycles. The first-order chi connectivity index (χ1) is 10.2. The van der Waals surface area contributed by atoms with E-state index in [1.54, 1.807) is 0 Å². The molecule has 0 saturated carbocycles. The first-order valence-corrected chi connectivity index (χ1v) is 7.38. The maximum atomic E-state index is 8.65. The summed E-state index contributed by atoms with van der Waals surface area (Å²) < 4.78 is 11.5. The largest absolute Gasteiger partial charge is 0.492 e. The fourth-order valence-corrected chi connectivity index (χ4v) is 2.54. The first kappa shape index (κ1) is 15.8. The Labute approximate surface area is 126 Å². The van der Waals surface area contributed by atoms with Crippen LogP contribution in [0.25, 0.3) is 0 Å². The molecule has 0 aromatic heterocycles. The predicted molar refractivity (Wildman–Crippen MR) is 82.3 cm³/mol. The summed E-state index contributed by atoms with van der Waals surface area (Å²) in [6.07, 6.45) is 0.580. The number of hydrogen-bond donors (Lipinski definition) is 1. The number of nitrogens with zero attached hydrogens (tertiary/aromatic N) is 1. The highest BCUT2D eigenvalue weighted by atomic mass is 16.5. The maximum Gasteiger partial charge on any atom is 0.119 e. The summed E-state index contributed by atoms with van der Waals surface area (Å²) in [5.41, 5.74) is 0.882. The van der Waals surface area contributed by atoms with Crippen molar-refractivity contribution in [3.05, 3.63) is 29.8 Å². The Bertz CT molecular complexity index is 479. The standard InChI is InChI=1S/C17H23NO3/c1-14-12-18(13-15(2)21-14)9-11-20-17-7-5-16(6-8-17)4-3-10-19/h5-8,14-15,19H,9-13H2,1-2H3. The summed E-state index contributed by atoms with van der Waals surface area (Å²) in [7, 11) is 0. The fraction of sp³-hybridized carbons (Fsp3) is 0.529. The van der Waals surface area contributed by atoms with Crippen molar-refractivity contribution in [2.75, 3.05) is 32.8 Å². The highest BCUT2D eigenvalue weighted by molar-refractivity contribution is 5.38. The third-order valence-corrected chi connectivity index (χ3v) is 3.34. The average Bonchev–Trinajstić information content (AvgIpc) is 2.45. The van der Waals surface area contributed by atoms with Crippen LogP contribution in [0.4, 0.5) is 0 Å². The van der Waals surface area contributed by atoms with Gasteiger partial charge in [0.05, 0.1) is 12.2 Å². The lowest BCUT2D eigenvalue weighted by molar-refractivity contribution is -0.0699. The van der Waals surface area contributed by atoms with Crippen LogP contribution in [-0.2, 0) is 4.74 Å². The lowest BCUT2D eigenvalue weighted by Crippen LogP contribution is -2.46. The summed E-state index contributed by atoms with van der Waals surface area (Å²) in [5.74, 6) is 6.33. The Morgan fingerprint density at radius 3 is 2.52 bits per heavy atom. The second-order valence-corrected chi connectivity index (χ2v) is 5.35. The molecule has 1 aromatic rings. The minimum absolute atomic E-state index is 0.116. The molecule has 0 aliphatic carbocycles. The van der Waals surface area contributed by atoms with Gasteiger partial charge in [-0.25, -0.2) is 0 Å². The SMILES string of the molecule is CC1CN(CCOc2ccc(C#CCO)cc2)CC(C)O1. The Hall–Kier alpha value is -1.54. The summed E-state index contributed by atoms with van der Waals surface area (Å²) in [6, 6.07) is 7.62. The van der Waals surface area contributed by atoms with Crippen molar-refractivity contribution in [2.24, 2.45) is 0 Å². The Morgan fingerprint density at radius 2 is 1.90 bits per heavy atom. The zero-order valence-corrected chi connectivity index (χ0v) is 12.7. The minimum atomic E-state index is -0.116. The van der Waals surface area contributed by atoms with Crippen molar-refractivity contribution in [1.29, 1.82) is 0 Å². The van der Waals surface area contributed by atoms with Gasteiger partial charge < -0.3 is 14.6 Å². The highest BCUT2D eigenvalue weighted by Crippen LogP contribution is 2.13. The van der Waals surface area contributed by atoms with Gasteiger partial charge in [0.25, 0.3) is 0 Å². The van der Waals surface area contributed by atoms with Gasteiger partial charge >= 0.3 is 0 Å². The van der Waals surface area contributed by atoms with E-state index in [0.717, 1.165) is 30.9 Å². The van der Waals surface area contributed by atoms with Gasteiger partial charge in [-0.1, -0.05) is 11.8 Å². The molecule has 0 spiro atoms. The Balaban J connectivity index is 1.75. The number of benzene rings is 1. The molecule has 1 saturated heterocycles. The zero-order valence-electron chi connectivity index (χ0n) is 12.7. The number of morpholine rings is 1. The molecule has 2 rings (SSSR count). The van der Waals surface area contributed by atoms with Crippen LogP contribution in [0.1, 0.15) is 19.4 Å². The minimum Gasteiger partial charge on any atom is -0.492 e. The molecule has 2 unspecified atom stereocenters. The van der Waals surface area contributed by atoms with Crippen LogP contribution in [0.2, 0.25) is 0 Å². The van der Waals surface area contributed by atoms with Crippen LogP contribution in [0.3, 0.4) is 0 Å². The highest BCUT2D eigenvalue weighted by Gasteiger charge is 2.21. The van der Waals surface area contributed by atoms with E-state index >= 15 is 0 Å². The molecule has 1 heterocycles. The van der Waals surface area contributed by atoms with E-state index in [0.29, 0.717) is 6.61 Å². The first-order valence-electron chi connectivity index (χ1n) is 7.38. The van der Waals surface area contributed by atoms with Crippen molar-refractivity contribution in [2.45, 2.75) is 26.1 Å². The van der Waals surface area contributed by atoms with Crippen molar-refractivity contribution < 1.29 is 14.6 Å². The summed E-state index contributed by atoms with van der Waals surface area (Å²) in [6.45, 7) is 7.60. The van der Waals surface area contributed by atoms with Gasteiger partial charge in [-0.2, -0.15) is 0 Å². The van der Waals surface area contributed by atoms with Crippen LogP contribution >= 0.6 is 0 Å². The molecule has 0 radical (unpaired) electrons. The molecule has 1 fully saturated rings. The molecular weight excluding hydrogens is 266 g/mol. The van der Waals surface area contributed by atoms with E-state index in [9.17, 15) is 0 Å². The van der Waals surface area contributed by atoms with E-state index in [1.807, 2.05) is 24.3 Å². The van der Waals surface area contributed by atoms with Gasteiger partial charge in [-0.15, -0.1) is 0 Å². The quantitative estimate of drug-likeness (QED) is 0.853.